The van der Waals surface area contributed by atoms with Gasteiger partial charge in [0.15, 0.2) is 0 Å². The van der Waals surface area contributed by atoms with Gasteiger partial charge in [-0.15, -0.1) is 0 Å². The van der Waals surface area contributed by atoms with Gasteiger partial charge in [-0.3, -0.25) is 4.79 Å². The summed E-state index contributed by atoms with van der Waals surface area (Å²) in [6.07, 6.45) is 2.66. The van der Waals surface area contributed by atoms with Gasteiger partial charge in [0.05, 0.1) is 13.0 Å². The SMILES string of the molecule is COC(=O)[C@@H](C)CNCCN1CCCC1. The molecule has 0 aromatic carbocycles. The number of hydrogen-bond acceptors (Lipinski definition) is 4. The van der Waals surface area contributed by atoms with Crippen molar-refractivity contribution in [1.29, 1.82) is 0 Å². The first-order valence-corrected chi connectivity index (χ1v) is 5.75. The van der Waals surface area contributed by atoms with Gasteiger partial charge < -0.3 is 15.0 Å². The van der Waals surface area contributed by atoms with Crippen LogP contribution in [0.2, 0.25) is 0 Å². The highest BCUT2D eigenvalue weighted by Gasteiger charge is 2.13. The van der Waals surface area contributed by atoms with E-state index in [1.165, 1.54) is 33.0 Å². The first kappa shape index (κ1) is 12.5. The average molecular weight is 214 g/mol. The highest BCUT2D eigenvalue weighted by atomic mass is 16.5. The lowest BCUT2D eigenvalue weighted by atomic mass is 10.2. The van der Waals surface area contributed by atoms with E-state index >= 15 is 0 Å². The maximum atomic E-state index is 11.1. The second-order valence-corrected chi connectivity index (χ2v) is 4.18. The van der Waals surface area contributed by atoms with Crippen molar-refractivity contribution < 1.29 is 9.53 Å². The van der Waals surface area contributed by atoms with Gasteiger partial charge in [-0.05, 0) is 25.9 Å². The summed E-state index contributed by atoms with van der Waals surface area (Å²) < 4.78 is 4.65. The minimum Gasteiger partial charge on any atom is -0.469 e. The quantitative estimate of drug-likeness (QED) is 0.516. The molecule has 4 nitrogen and oxygen atoms in total. The van der Waals surface area contributed by atoms with Crippen molar-refractivity contribution in [1.82, 2.24) is 10.2 Å². The van der Waals surface area contributed by atoms with E-state index in [1.54, 1.807) is 0 Å². The van der Waals surface area contributed by atoms with E-state index in [4.69, 9.17) is 0 Å². The fraction of sp³-hybridized carbons (Fsp3) is 0.909. The lowest BCUT2D eigenvalue weighted by Gasteiger charge is -2.15. The zero-order chi connectivity index (χ0) is 11.1. The Morgan fingerprint density at radius 2 is 2.13 bits per heavy atom. The molecule has 0 aromatic rings. The molecule has 0 unspecified atom stereocenters. The molecule has 1 rings (SSSR count). The van der Waals surface area contributed by atoms with E-state index in [2.05, 4.69) is 15.0 Å². The Bertz CT molecular complexity index is 191. The van der Waals surface area contributed by atoms with Crippen molar-refractivity contribution in [2.75, 3.05) is 39.8 Å². The number of nitrogens with zero attached hydrogens (tertiary/aromatic N) is 1. The van der Waals surface area contributed by atoms with Crippen LogP contribution in [0.25, 0.3) is 0 Å². The van der Waals surface area contributed by atoms with E-state index in [1.807, 2.05) is 6.92 Å². The molecule has 1 N–H and O–H groups in total. The number of methoxy groups -OCH3 is 1. The Morgan fingerprint density at radius 3 is 2.73 bits per heavy atom. The van der Waals surface area contributed by atoms with E-state index in [-0.39, 0.29) is 11.9 Å². The maximum Gasteiger partial charge on any atom is 0.309 e. The molecule has 0 amide bonds. The molecular weight excluding hydrogens is 192 g/mol. The van der Waals surface area contributed by atoms with Crippen LogP contribution in [0.1, 0.15) is 19.8 Å². The third-order valence-electron chi connectivity index (χ3n) is 2.86. The zero-order valence-corrected chi connectivity index (χ0v) is 9.79. The van der Waals surface area contributed by atoms with Gasteiger partial charge in [0, 0.05) is 19.6 Å². The molecule has 1 atom stereocenters. The molecule has 1 aliphatic heterocycles. The summed E-state index contributed by atoms with van der Waals surface area (Å²) in [6.45, 7) is 7.10. The molecule has 0 bridgehead atoms. The number of hydrogen-bond donors (Lipinski definition) is 1. The van der Waals surface area contributed by atoms with Gasteiger partial charge in [-0.2, -0.15) is 0 Å². The minimum absolute atomic E-state index is 0.0476. The van der Waals surface area contributed by atoms with Crippen LogP contribution in [-0.4, -0.2) is 50.7 Å². The summed E-state index contributed by atoms with van der Waals surface area (Å²) in [5, 5.41) is 3.28. The third kappa shape index (κ3) is 4.62. The molecule has 0 spiro atoms. The van der Waals surface area contributed by atoms with Crippen LogP contribution in [-0.2, 0) is 9.53 Å². The van der Waals surface area contributed by atoms with Crippen molar-refractivity contribution in [2.24, 2.45) is 5.92 Å². The number of carbonyl (C=O) groups is 1. The van der Waals surface area contributed by atoms with Crippen LogP contribution in [0.3, 0.4) is 0 Å². The van der Waals surface area contributed by atoms with Crippen molar-refractivity contribution in [2.45, 2.75) is 19.8 Å². The largest absolute Gasteiger partial charge is 0.469 e. The Hall–Kier alpha value is -0.610. The van der Waals surface area contributed by atoms with E-state index in [9.17, 15) is 4.79 Å². The first-order valence-electron chi connectivity index (χ1n) is 5.75. The number of carbonyl (C=O) groups excluding carboxylic acids is 1. The average Bonchev–Trinajstić information content (AvgIpc) is 2.75. The van der Waals surface area contributed by atoms with Crippen molar-refractivity contribution >= 4 is 5.97 Å². The molecule has 0 aromatic heterocycles. The molecule has 1 heterocycles. The van der Waals surface area contributed by atoms with Gasteiger partial charge in [0.2, 0.25) is 0 Å². The summed E-state index contributed by atoms with van der Waals surface area (Å²) in [6, 6.07) is 0. The predicted molar refractivity (Wildman–Crippen MR) is 59.7 cm³/mol. The molecule has 1 saturated heterocycles. The van der Waals surface area contributed by atoms with Crippen LogP contribution in [0.5, 0.6) is 0 Å². The van der Waals surface area contributed by atoms with E-state index in [0.29, 0.717) is 6.54 Å². The zero-order valence-electron chi connectivity index (χ0n) is 9.79. The fourth-order valence-corrected chi connectivity index (χ4v) is 1.85. The number of ether oxygens (including phenoxy) is 1. The van der Waals surface area contributed by atoms with E-state index in [0.717, 1.165) is 13.1 Å². The van der Waals surface area contributed by atoms with Gasteiger partial charge in [0.25, 0.3) is 0 Å². The number of likely N-dealkylation sites (tertiary alicyclic amines) is 1. The summed E-state index contributed by atoms with van der Waals surface area (Å²) in [5.74, 6) is -0.183. The normalized spacial score (nSPS) is 19.1. The summed E-state index contributed by atoms with van der Waals surface area (Å²) >= 11 is 0. The second-order valence-electron chi connectivity index (χ2n) is 4.18. The van der Waals surface area contributed by atoms with Crippen LogP contribution in [0.15, 0.2) is 0 Å². The van der Waals surface area contributed by atoms with Crippen molar-refractivity contribution in [3.05, 3.63) is 0 Å². The number of rotatable bonds is 6. The molecule has 4 heteroatoms. The smallest absolute Gasteiger partial charge is 0.309 e. The minimum atomic E-state index is -0.135. The van der Waals surface area contributed by atoms with Gasteiger partial charge in [-0.1, -0.05) is 6.92 Å². The number of nitrogens with one attached hydrogen (secondary N) is 1. The first-order chi connectivity index (χ1) is 7.24. The Kier molecular flexibility index (Phi) is 5.65. The lowest BCUT2D eigenvalue weighted by molar-refractivity contribution is -0.144. The molecule has 15 heavy (non-hydrogen) atoms. The van der Waals surface area contributed by atoms with Crippen LogP contribution >= 0.6 is 0 Å². The molecule has 1 aliphatic rings. The van der Waals surface area contributed by atoms with Gasteiger partial charge >= 0.3 is 5.97 Å². The highest BCUT2D eigenvalue weighted by molar-refractivity contribution is 5.71. The van der Waals surface area contributed by atoms with Crippen LogP contribution in [0, 0.1) is 5.92 Å². The molecular formula is C11H22N2O2. The molecule has 0 saturated carbocycles. The van der Waals surface area contributed by atoms with Crippen molar-refractivity contribution in [3.8, 4) is 0 Å². The Balaban J connectivity index is 1.98. The standard InChI is InChI=1S/C11H22N2O2/c1-10(11(14)15-2)9-12-5-8-13-6-3-4-7-13/h10,12H,3-9H2,1-2H3/t10-/m0/s1. The molecule has 1 fully saturated rings. The third-order valence-corrected chi connectivity index (χ3v) is 2.86. The maximum absolute atomic E-state index is 11.1. The van der Waals surface area contributed by atoms with Gasteiger partial charge in [-0.25, -0.2) is 0 Å². The highest BCUT2D eigenvalue weighted by Crippen LogP contribution is 2.05. The Morgan fingerprint density at radius 1 is 1.47 bits per heavy atom. The topological polar surface area (TPSA) is 41.6 Å². The van der Waals surface area contributed by atoms with E-state index < -0.39 is 0 Å². The summed E-state index contributed by atoms with van der Waals surface area (Å²) in [7, 11) is 1.43. The summed E-state index contributed by atoms with van der Waals surface area (Å²) in [4.78, 5) is 13.5. The molecule has 88 valence electrons. The predicted octanol–water partition coefficient (Wildman–Crippen LogP) is 0.481. The summed E-state index contributed by atoms with van der Waals surface area (Å²) in [5.41, 5.74) is 0. The molecule has 0 aliphatic carbocycles. The van der Waals surface area contributed by atoms with Crippen molar-refractivity contribution in [3.63, 3.8) is 0 Å². The number of esters is 1. The second kappa shape index (κ2) is 6.80. The molecule has 0 radical (unpaired) electrons. The Labute approximate surface area is 92.0 Å². The monoisotopic (exact) mass is 214 g/mol. The van der Waals surface area contributed by atoms with Crippen LogP contribution < -0.4 is 5.32 Å². The van der Waals surface area contributed by atoms with Gasteiger partial charge in [0.1, 0.15) is 0 Å². The van der Waals surface area contributed by atoms with Crippen LogP contribution in [0.4, 0.5) is 0 Å². The fourth-order valence-electron chi connectivity index (χ4n) is 1.85. The lowest BCUT2D eigenvalue weighted by Crippen LogP contribution is -2.34.